The van der Waals surface area contributed by atoms with Gasteiger partial charge in [0.05, 0.1) is 0 Å². The molecule has 0 fully saturated rings. The van der Waals surface area contributed by atoms with Gasteiger partial charge in [0, 0.05) is 12.8 Å². The van der Waals surface area contributed by atoms with Crippen LogP contribution in [0.3, 0.4) is 0 Å². The first kappa shape index (κ1) is 4.78. The van der Waals surface area contributed by atoms with Crippen LogP contribution in [-0.2, 0) is 4.79 Å². The molecule has 1 rings (SSSR count). The van der Waals surface area contributed by atoms with Gasteiger partial charge in [-0.1, -0.05) is 11.6 Å². The highest BCUT2D eigenvalue weighted by atomic mass is 35.5. The Bertz CT molecular complexity index is 130. The van der Waals surface area contributed by atoms with E-state index in [0.29, 0.717) is 18.0 Å². The van der Waals surface area contributed by atoms with E-state index in [4.69, 9.17) is 11.6 Å². The molecule has 0 saturated carbocycles. The normalized spacial score (nSPS) is 20.1. The van der Waals surface area contributed by atoms with Gasteiger partial charge in [0.2, 0.25) is 5.91 Å². The standard InChI is InChI=1S/C4H4ClNO/c5-3-1-2-4(7)6-3/h1-2H2. The van der Waals surface area contributed by atoms with Gasteiger partial charge in [0.25, 0.3) is 0 Å². The summed E-state index contributed by atoms with van der Waals surface area (Å²) in [6, 6.07) is 0. The second kappa shape index (κ2) is 1.62. The van der Waals surface area contributed by atoms with Crippen molar-refractivity contribution in [3.63, 3.8) is 0 Å². The van der Waals surface area contributed by atoms with Gasteiger partial charge in [-0.05, 0) is 0 Å². The molecule has 7 heavy (non-hydrogen) atoms. The Morgan fingerprint density at radius 3 is 2.43 bits per heavy atom. The average Bonchev–Trinajstić information content (AvgIpc) is 1.87. The topological polar surface area (TPSA) is 29.4 Å². The summed E-state index contributed by atoms with van der Waals surface area (Å²) in [6.07, 6.45) is 1.14. The van der Waals surface area contributed by atoms with Gasteiger partial charge in [-0.2, -0.15) is 0 Å². The van der Waals surface area contributed by atoms with Crippen LogP contribution in [0.15, 0.2) is 4.99 Å². The van der Waals surface area contributed by atoms with Crippen LogP contribution in [0.5, 0.6) is 0 Å². The van der Waals surface area contributed by atoms with Crippen LogP contribution in [0.4, 0.5) is 0 Å². The first-order valence-electron chi connectivity index (χ1n) is 2.05. The van der Waals surface area contributed by atoms with E-state index in [1.54, 1.807) is 0 Å². The number of hydrogen-bond acceptors (Lipinski definition) is 1. The third-order valence-electron chi connectivity index (χ3n) is 0.791. The Balaban J connectivity index is 2.67. The van der Waals surface area contributed by atoms with E-state index in [9.17, 15) is 4.79 Å². The van der Waals surface area contributed by atoms with Gasteiger partial charge in [-0.3, -0.25) is 4.79 Å². The summed E-state index contributed by atoms with van der Waals surface area (Å²) in [6.45, 7) is 0. The van der Waals surface area contributed by atoms with E-state index < -0.39 is 0 Å². The Morgan fingerprint density at radius 2 is 2.29 bits per heavy atom. The van der Waals surface area contributed by atoms with Crippen molar-refractivity contribution in [3.05, 3.63) is 0 Å². The molecular weight excluding hydrogens is 114 g/mol. The van der Waals surface area contributed by atoms with Crippen LogP contribution in [0, 0.1) is 0 Å². The molecule has 0 bridgehead atoms. The number of amides is 1. The van der Waals surface area contributed by atoms with E-state index >= 15 is 0 Å². The number of rotatable bonds is 0. The molecule has 2 nitrogen and oxygen atoms in total. The summed E-state index contributed by atoms with van der Waals surface area (Å²) in [5, 5.41) is 0.449. The first-order valence-corrected chi connectivity index (χ1v) is 2.43. The smallest absolute Gasteiger partial charge is 0.247 e. The zero-order valence-electron chi connectivity index (χ0n) is 3.65. The molecule has 0 radical (unpaired) electrons. The largest absolute Gasteiger partial charge is 0.273 e. The molecule has 0 spiro atoms. The maximum atomic E-state index is 10.2. The minimum Gasteiger partial charge on any atom is -0.273 e. The highest BCUT2D eigenvalue weighted by molar-refractivity contribution is 6.66. The lowest BCUT2D eigenvalue weighted by atomic mass is 10.4. The summed E-state index contributed by atoms with van der Waals surface area (Å²) < 4.78 is 0. The summed E-state index contributed by atoms with van der Waals surface area (Å²) in [4.78, 5) is 13.6. The van der Waals surface area contributed by atoms with E-state index in [1.807, 2.05) is 0 Å². The van der Waals surface area contributed by atoms with E-state index in [0.717, 1.165) is 0 Å². The van der Waals surface area contributed by atoms with Crippen molar-refractivity contribution < 1.29 is 4.79 Å². The number of aliphatic imine (C=N–C) groups is 1. The summed E-state index contributed by atoms with van der Waals surface area (Å²) in [5.74, 6) is -0.0926. The fraction of sp³-hybridized carbons (Fsp3) is 0.500. The third kappa shape index (κ3) is 0.996. The van der Waals surface area contributed by atoms with Crippen molar-refractivity contribution in [1.29, 1.82) is 0 Å². The van der Waals surface area contributed by atoms with Gasteiger partial charge < -0.3 is 0 Å². The zero-order chi connectivity index (χ0) is 5.28. The Hall–Kier alpha value is -0.370. The number of nitrogens with zero attached hydrogens (tertiary/aromatic N) is 1. The minimum absolute atomic E-state index is 0.0926. The molecule has 38 valence electrons. The average molecular weight is 118 g/mol. The maximum absolute atomic E-state index is 10.2. The maximum Gasteiger partial charge on any atom is 0.247 e. The highest BCUT2D eigenvalue weighted by Crippen LogP contribution is 2.07. The van der Waals surface area contributed by atoms with Crippen molar-refractivity contribution in [1.82, 2.24) is 0 Å². The molecule has 0 unspecified atom stereocenters. The Kier molecular flexibility index (Phi) is 1.11. The second-order valence-electron chi connectivity index (χ2n) is 1.38. The van der Waals surface area contributed by atoms with Crippen LogP contribution in [0.2, 0.25) is 0 Å². The van der Waals surface area contributed by atoms with Crippen molar-refractivity contribution in [3.8, 4) is 0 Å². The lowest BCUT2D eigenvalue weighted by Crippen LogP contribution is -1.79. The van der Waals surface area contributed by atoms with Crippen molar-refractivity contribution in [2.24, 2.45) is 4.99 Å². The summed E-state index contributed by atoms with van der Waals surface area (Å²) in [5.41, 5.74) is 0. The highest BCUT2D eigenvalue weighted by Gasteiger charge is 2.09. The van der Waals surface area contributed by atoms with Gasteiger partial charge in [-0.25, -0.2) is 4.99 Å². The van der Waals surface area contributed by atoms with Gasteiger partial charge >= 0.3 is 0 Å². The molecule has 1 aliphatic heterocycles. The fourth-order valence-corrected chi connectivity index (χ4v) is 0.646. The monoisotopic (exact) mass is 117 g/mol. The van der Waals surface area contributed by atoms with E-state index in [2.05, 4.69) is 4.99 Å². The zero-order valence-corrected chi connectivity index (χ0v) is 4.40. The van der Waals surface area contributed by atoms with Crippen LogP contribution >= 0.6 is 11.6 Å². The predicted molar refractivity (Wildman–Crippen MR) is 27.5 cm³/mol. The molecule has 0 N–H and O–H groups in total. The number of carbonyl (C=O) groups excluding carboxylic acids is 1. The Morgan fingerprint density at radius 1 is 1.57 bits per heavy atom. The SMILES string of the molecule is O=C1CCC(Cl)=N1. The first-order chi connectivity index (χ1) is 3.29. The van der Waals surface area contributed by atoms with Crippen LogP contribution in [0.25, 0.3) is 0 Å². The van der Waals surface area contributed by atoms with Crippen LogP contribution < -0.4 is 0 Å². The molecule has 0 saturated heterocycles. The predicted octanol–water partition coefficient (Wildman–Crippen LogP) is 0.944. The van der Waals surface area contributed by atoms with Crippen molar-refractivity contribution in [2.75, 3.05) is 0 Å². The van der Waals surface area contributed by atoms with Crippen molar-refractivity contribution in [2.45, 2.75) is 12.8 Å². The van der Waals surface area contributed by atoms with E-state index in [-0.39, 0.29) is 5.91 Å². The number of carbonyl (C=O) groups is 1. The van der Waals surface area contributed by atoms with Crippen LogP contribution in [-0.4, -0.2) is 11.1 Å². The molecule has 1 heterocycles. The molecule has 0 aliphatic carbocycles. The lowest BCUT2D eigenvalue weighted by molar-refractivity contribution is -0.117. The van der Waals surface area contributed by atoms with Crippen molar-refractivity contribution >= 4 is 22.7 Å². The fourth-order valence-electron chi connectivity index (χ4n) is 0.457. The van der Waals surface area contributed by atoms with E-state index in [1.165, 1.54) is 0 Å². The molecule has 1 amide bonds. The summed E-state index contributed by atoms with van der Waals surface area (Å²) in [7, 11) is 0. The third-order valence-corrected chi connectivity index (χ3v) is 1.06. The number of halogens is 1. The summed E-state index contributed by atoms with van der Waals surface area (Å²) >= 11 is 5.34. The lowest BCUT2D eigenvalue weighted by Gasteiger charge is -1.71. The molecule has 1 aliphatic rings. The van der Waals surface area contributed by atoms with Gasteiger partial charge in [0.1, 0.15) is 5.17 Å². The molecule has 0 aromatic rings. The Labute approximate surface area is 46.2 Å². The molecule has 3 heteroatoms. The molecule has 0 atom stereocenters. The minimum atomic E-state index is -0.0926. The van der Waals surface area contributed by atoms with Gasteiger partial charge in [-0.15, -0.1) is 0 Å². The number of hydrogen-bond donors (Lipinski definition) is 0. The van der Waals surface area contributed by atoms with Gasteiger partial charge in [0.15, 0.2) is 0 Å². The second-order valence-corrected chi connectivity index (χ2v) is 1.82. The quantitative estimate of drug-likeness (QED) is 0.464. The molecule has 0 aromatic heterocycles. The molecular formula is C4H4ClNO. The van der Waals surface area contributed by atoms with Crippen LogP contribution in [0.1, 0.15) is 12.8 Å². The molecule has 0 aromatic carbocycles.